The number of aromatic nitrogens is 2. The zero-order chi connectivity index (χ0) is 13.4. The number of rotatable bonds is 1. The number of H-pyrrole nitrogens is 1. The Bertz CT molecular complexity index is 681. The number of benzene rings is 1. The number of aromatic amines is 1. The molecule has 0 bridgehead atoms. The molecule has 0 saturated heterocycles. The summed E-state index contributed by atoms with van der Waals surface area (Å²) < 4.78 is 0.785. The molecule has 0 amide bonds. The van der Waals surface area contributed by atoms with E-state index < -0.39 is 11.2 Å². The van der Waals surface area contributed by atoms with Crippen LogP contribution in [0.4, 0.5) is 0 Å². The first kappa shape index (κ1) is 13.5. The van der Waals surface area contributed by atoms with Crippen molar-refractivity contribution in [2.24, 2.45) is 0 Å². The summed E-state index contributed by atoms with van der Waals surface area (Å²) in [4.78, 5) is 25.8. The zero-order valence-corrected chi connectivity index (χ0v) is 11.5. The molecule has 0 fully saturated rings. The summed E-state index contributed by atoms with van der Waals surface area (Å²) in [5, 5.41) is 0.402. The molecule has 2 rings (SSSR count). The van der Waals surface area contributed by atoms with E-state index in [9.17, 15) is 9.59 Å². The van der Waals surface area contributed by atoms with Crippen molar-refractivity contribution in [1.29, 1.82) is 0 Å². The van der Waals surface area contributed by atoms with E-state index in [1.807, 2.05) is 0 Å². The number of nitrogens with one attached hydrogen (secondary N) is 1. The van der Waals surface area contributed by atoms with Gasteiger partial charge < -0.3 is 0 Å². The topological polar surface area (TPSA) is 54.9 Å². The first-order valence-electron chi connectivity index (χ1n) is 4.57. The van der Waals surface area contributed by atoms with Gasteiger partial charge in [0, 0.05) is 11.1 Å². The van der Waals surface area contributed by atoms with Crippen LogP contribution in [0.15, 0.2) is 27.8 Å². The monoisotopic (exact) mass is 324 g/mol. The van der Waals surface area contributed by atoms with Crippen LogP contribution in [0.1, 0.15) is 0 Å². The SMILES string of the molecule is O=c1cc(Cl)[nH]c(=O)n1-c1c(Cl)cc(Cl)cc1Cl. The lowest BCUT2D eigenvalue weighted by Gasteiger charge is -2.09. The van der Waals surface area contributed by atoms with Gasteiger partial charge in [-0.15, -0.1) is 0 Å². The highest BCUT2D eigenvalue weighted by atomic mass is 35.5. The summed E-state index contributed by atoms with van der Waals surface area (Å²) in [6.45, 7) is 0. The van der Waals surface area contributed by atoms with Crippen LogP contribution in [-0.2, 0) is 0 Å². The third-order valence-corrected chi connectivity index (χ3v) is 3.10. The molecule has 94 valence electrons. The Balaban J connectivity index is 2.87. The number of nitrogens with zero attached hydrogens (tertiary/aromatic N) is 1. The van der Waals surface area contributed by atoms with Crippen molar-refractivity contribution in [3.05, 3.63) is 59.3 Å². The van der Waals surface area contributed by atoms with Crippen LogP contribution in [0, 0.1) is 0 Å². The number of halogens is 4. The maximum absolute atomic E-state index is 11.8. The van der Waals surface area contributed by atoms with Gasteiger partial charge in [0.2, 0.25) is 0 Å². The number of hydrogen-bond donors (Lipinski definition) is 1. The van der Waals surface area contributed by atoms with Crippen molar-refractivity contribution in [3.63, 3.8) is 0 Å². The van der Waals surface area contributed by atoms with E-state index in [4.69, 9.17) is 46.4 Å². The molecule has 0 radical (unpaired) electrons. The molecule has 0 atom stereocenters. The second-order valence-electron chi connectivity index (χ2n) is 3.31. The molecule has 1 heterocycles. The van der Waals surface area contributed by atoms with Crippen molar-refractivity contribution in [2.45, 2.75) is 0 Å². The Hall–Kier alpha value is -0.940. The highest BCUT2D eigenvalue weighted by Crippen LogP contribution is 2.30. The third kappa shape index (κ3) is 2.42. The lowest BCUT2D eigenvalue weighted by molar-refractivity contribution is 0.876. The molecule has 0 saturated carbocycles. The molecule has 0 aliphatic carbocycles. The maximum Gasteiger partial charge on any atom is 0.334 e. The summed E-state index contributed by atoms with van der Waals surface area (Å²) in [7, 11) is 0. The van der Waals surface area contributed by atoms with Gasteiger partial charge in [-0.3, -0.25) is 9.78 Å². The Morgan fingerprint density at radius 1 is 0.944 bits per heavy atom. The fraction of sp³-hybridized carbons (Fsp3) is 0. The minimum absolute atomic E-state index is 0.0608. The van der Waals surface area contributed by atoms with E-state index in [-0.39, 0.29) is 20.9 Å². The normalized spacial score (nSPS) is 10.7. The van der Waals surface area contributed by atoms with Crippen molar-refractivity contribution in [2.75, 3.05) is 0 Å². The second kappa shape index (κ2) is 4.97. The predicted octanol–water partition coefficient (Wildman–Crippen LogP) is 3.14. The van der Waals surface area contributed by atoms with Gasteiger partial charge in [0.1, 0.15) is 5.15 Å². The van der Waals surface area contributed by atoms with Crippen LogP contribution in [-0.4, -0.2) is 9.55 Å². The van der Waals surface area contributed by atoms with Gasteiger partial charge >= 0.3 is 5.69 Å². The lowest BCUT2D eigenvalue weighted by Crippen LogP contribution is -2.33. The highest BCUT2D eigenvalue weighted by Gasteiger charge is 2.14. The molecular weight excluding hydrogens is 322 g/mol. The Labute approximate surface area is 121 Å². The van der Waals surface area contributed by atoms with Gasteiger partial charge in [-0.25, -0.2) is 9.36 Å². The summed E-state index contributed by atoms with van der Waals surface area (Å²) in [6, 6.07) is 3.81. The first-order chi connectivity index (χ1) is 8.40. The molecule has 2 aromatic rings. The fourth-order valence-electron chi connectivity index (χ4n) is 1.43. The summed E-state index contributed by atoms with van der Waals surface area (Å²) in [5.41, 5.74) is -1.32. The molecule has 0 aliphatic heterocycles. The smallest absolute Gasteiger partial charge is 0.297 e. The maximum atomic E-state index is 11.8. The van der Waals surface area contributed by atoms with Gasteiger partial charge in [0.05, 0.1) is 15.7 Å². The standard InChI is InChI=1S/C10H4Cl4N2O2/c11-4-1-5(12)9(6(13)2-4)16-8(17)3-7(14)15-10(16)18/h1-3H,(H,15,18). The van der Waals surface area contributed by atoms with Gasteiger partial charge in [0.15, 0.2) is 0 Å². The third-order valence-electron chi connectivity index (χ3n) is 2.11. The molecular formula is C10H4Cl4N2O2. The minimum atomic E-state index is -0.737. The molecule has 8 heteroatoms. The van der Waals surface area contributed by atoms with Crippen molar-refractivity contribution in [3.8, 4) is 5.69 Å². The fourth-order valence-corrected chi connectivity index (χ4v) is 2.59. The van der Waals surface area contributed by atoms with E-state index in [0.717, 1.165) is 10.6 Å². The Morgan fingerprint density at radius 3 is 2.00 bits per heavy atom. The van der Waals surface area contributed by atoms with E-state index in [0.29, 0.717) is 5.02 Å². The minimum Gasteiger partial charge on any atom is -0.297 e. The van der Waals surface area contributed by atoms with E-state index in [1.165, 1.54) is 12.1 Å². The van der Waals surface area contributed by atoms with E-state index in [1.54, 1.807) is 0 Å². The van der Waals surface area contributed by atoms with E-state index in [2.05, 4.69) is 4.98 Å². The Kier molecular flexibility index (Phi) is 3.73. The van der Waals surface area contributed by atoms with Crippen molar-refractivity contribution >= 4 is 46.4 Å². The molecule has 0 aliphatic rings. The molecule has 1 N–H and O–H groups in total. The molecule has 1 aromatic heterocycles. The lowest BCUT2D eigenvalue weighted by atomic mass is 10.3. The predicted molar refractivity (Wildman–Crippen MR) is 72.7 cm³/mol. The van der Waals surface area contributed by atoms with E-state index >= 15 is 0 Å². The first-order valence-corrected chi connectivity index (χ1v) is 6.08. The molecule has 0 spiro atoms. The quantitative estimate of drug-likeness (QED) is 0.819. The average Bonchev–Trinajstić information content (AvgIpc) is 2.20. The largest absolute Gasteiger partial charge is 0.334 e. The Morgan fingerprint density at radius 2 is 1.50 bits per heavy atom. The summed E-state index contributed by atoms with van der Waals surface area (Å²) >= 11 is 23.2. The summed E-state index contributed by atoms with van der Waals surface area (Å²) in [5.74, 6) is 0. The number of hydrogen-bond acceptors (Lipinski definition) is 2. The highest BCUT2D eigenvalue weighted by molar-refractivity contribution is 6.40. The van der Waals surface area contributed by atoms with Gasteiger partial charge in [-0.1, -0.05) is 46.4 Å². The average molecular weight is 326 g/mol. The molecule has 4 nitrogen and oxygen atoms in total. The van der Waals surface area contributed by atoms with Gasteiger partial charge in [-0.2, -0.15) is 0 Å². The molecule has 18 heavy (non-hydrogen) atoms. The van der Waals surface area contributed by atoms with Crippen LogP contribution < -0.4 is 11.2 Å². The van der Waals surface area contributed by atoms with Crippen LogP contribution in [0.5, 0.6) is 0 Å². The van der Waals surface area contributed by atoms with Crippen molar-refractivity contribution in [1.82, 2.24) is 9.55 Å². The zero-order valence-electron chi connectivity index (χ0n) is 8.51. The van der Waals surface area contributed by atoms with Crippen LogP contribution >= 0.6 is 46.4 Å². The summed E-state index contributed by atoms with van der Waals surface area (Å²) in [6.07, 6.45) is 0. The van der Waals surface area contributed by atoms with Crippen molar-refractivity contribution < 1.29 is 0 Å². The van der Waals surface area contributed by atoms with Crippen LogP contribution in [0.25, 0.3) is 5.69 Å². The molecule has 0 unspecified atom stereocenters. The second-order valence-corrected chi connectivity index (χ2v) is 4.97. The van der Waals surface area contributed by atoms with Gasteiger partial charge in [-0.05, 0) is 12.1 Å². The van der Waals surface area contributed by atoms with Crippen LogP contribution in [0.2, 0.25) is 20.2 Å². The molecule has 1 aromatic carbocycles. The van der Waals surface area contributed by atoms with Gasteiger partial charge in [0.25, 0.3) is 5.56 Å². The van der Waals surface area contributed by atoms with Crippen LogP contribution in [0.3, 0.4) is 0 Å².